The van der Waals surface area contributed by atoms with Gasteiger partial charge in [-0.2, -0.15) is 0 Å². The molecule has 0 atom stereocenters. The Morgan fingerprint density at radius 3 is 2.61 bits per heavy atom. The normalized spacial score (nSPS) is 14.5. The van der Waals surface area contributed by atoms with Gasteiger partial charge in [0.1, 0.15) is 11.6 Å². The molecule has 31 heavy (non-hydrogen) atoms. The Morgan fingerprint density at radius 2 is 1.84 bits per heavy atom. The van der Waals surface area contributed by atoms with Crippen LogP contribution in [0.15, 0.2) is 54.6 Å². The zero-order valence-electron chi connectivity index (χ0n) is 17.8. The number of para-hydroxylation sites is 3. The summed E-state index contributed by atoms with van der Waals surface area (Å²) in [4.78, 5) is 21.0. The second-order valence-electron chi connectivity index (χ2n) is 7.66. The fraction of sp³-hybridized carbons (Fsp3) is 0.333. The number of benzene rings is 2. The molecule has 0 radical (unpaired) electrons. The van der Waals surface area contributed by atoms with E-state index in [4.69, 9.17) is 4.74 Å². The highest BCUT2D eigenvalue weighted by molar-refractivity contribution is 6.03. The molecule has 3 aromatic rings. The zero-order chi connectivity index (χ0) is 21.6. The van der Waals surface area contributed by atoms with Crippen LogP contribution < -0.4 is 15.0 Å². The van der Waals surface area contributed by atoms with Gasteiger partial charge in [-0.3, -0.25) is 4.90 Å². The Hall–Kier alpha value is -3.32. The number of hydrogen-bond acceptors (Lipinski definition) is 6. The number of piperazine rings is 1. The van der Waals surface area contributed by atoms with E-state index in [9.17, 15) is 9.90 Å². The SMILES string of the molecule is COc1ccccc1N1CCN(CCCNc2cc(C(=O)O)c3ccccc3n2)CC1. The summed E-state index contributed by atoms with van der Waals surface area (Å²) in [5.74, 6) is 0.593. The van der Waals surface area contributed by atoms with Gasteiger partial charge in [-0.05, 0) is 37.2 Å². The lowest BCUT2D eigenvalue weighted by Crippen LogP contribution is -2.46. The van der Waals surface area contributed by atoms with Gasteiger partial charge >= 0.3 is 5.97 Å². The zero-order valence-corrected chi connectivity index (χ0v) is 17.8. The van der Waals surface area contributed by atoms with Gasteiger partial charge in [-0.1, -0.05) is 30.3 Å². The van der Waals surface area contributed by atoms with Crippen molar-refractivity contribution in [2.24, 2.45) is 0 Å². The maximum absolute atomic E-state index is 11.6. The first-order chi connectivity index (χ1) is 15.2. The number of anilines is 2. The molecule has 1 saturated heterocycles. The number of rotatable bonds is 8. The van der Waals surface area contributed by atoms with Crippen LogP contribution >= 0.6 is 0 Å². The molecule has 1 fully saturated rings. The standard InChI is InChI=1S/C24H28N4O3/c1-31-22-10-5-4-9-21(22)28-15-13-27(14-16-28)12-6-11-25-23-17-19(24(29)30)18-7-2-3-8-20(18)26-23/h2-5,7-10,17H,6,11-16H2,1H3,(H,25,26)(H,29,30). The highest BCUT2D eigenvalue weighted by atomic mass is 16.5. The summed E-state index contributed by atoms with van der Waals surface area (Å²) in [6.07, 6.45) is 0.964. The summed E-state index contributed by atoms with van der Waals surface area (Å²) in [6, 6.07) is 17.1. The van der Waals surface area contributed by atoms with Gasteiger partial charge in [0.05, 0.1) is 23.9 Å². The molecule has 0 amide bonds. The van der Waals surface area contributed by atoms with E-state index in [1.54, 1.807) is 19.2 Å². The van der Waals surface area contributed by atoms with Crippen molar-refractivity contribution in [1.82, 2.24) is 9.88 Å². The van der Waals surface area contributed by atoms with Gasteiger partial charge in [0, 0.05) is 38.1 Å². The van der Waals surface area contributed by atoms with Gasteiger partial charge in [0.2, 0.25) is 0 Å². The van der Waals surface area contributed by atoms with Crippen molar-refractivity contribution in [1.29, 1.82) is 0 Å². The molecule has 0 aliphatic carbocycles. The number of aromatic carboxylic acids is 1. The lowest BCUT2D eigenvalue weighted by molar-refractivity contribution is 0.0699. The second-order valence-corrected chi connectivity index (χ2v) is 7.66. The van der Waals surface area contributed by atoms with Gasteiger partial charge in [0.25, 0.3) is 0 Å². The Bertz CT molecular complexity index is 1050. The van der Waals surface area contributed by atoms with E-state index in [0.29, 0.717) is 16.7 Å². The number of hydrogen-bond donors (Lipinski definition) is 2. The molecular weight excluding hydrogens is 392 g/mol. The second kappa shape index (κ2) is 9.66. The predicted octanol–water partition coefficient (Wildman–Crippen LogP) is 3.57. The van der Waals surface area contributed by atoms with Gasteiger partial charge in [-0.25, -0.2) is 9.78 Å². The van der Waals surface area contributed by atoms with E-state index < -0.39 is 5.97 Å². The smallest absolute Gasteiger partial charge is 0.336 e. The molecule has 2 aromatic carbocycles. The number of aromatic nitrogens is 1. The number of methoxy groups -OCH3 is 1. The number of nitrogens with one attached hydrogen (secondary N) is 1. The van der Waals surface area contributed by atoms with Crippen molar-refractivity contribution in [3.05, 3.63) is 60.2 Å². The number of carboxylic acid groups (broad SMARTS) is 1. The molecule has 162 valence electrons. The Kier molecular flexibility index (Phi) is 6.52. The number of fused-ring (bicyclic) bond motifs is 1. The number of nitrogens with zero attached hydrogens (tertiary/aromatic N) is 3. The molecule has 4 rings (SSSR count). The van der Waals surface area contributed by atoms with E-state index in [1.807, 2.05) is 36.4 Å². The minimum Gasteiger partial charge on any atom is -0.495 e. The Balaban J connectivity index is 1.27. The largest absolute Gasteiger partial charge is 0.495 e. The highest BCUT2D eigenvalue weighted by Gasteiger charge is 2.19. The summed E-state index contributed by atoms with van der Waals surface area (Å²) in [6.45, 7) is 5.71. The van der Waals surface area contributed by atoms with Gasteiger partial charge in [-0.15, -0.1) is 0 Å². The van der Waals surface area contributed by atoms with Gasteiger partial charge in [0.15, 0.2) is 0 Å². The van der Waals surface area contributed by atoms with Crippen LogP contribution in [0.1, 0.15) is 16.8 Å². The first-order valence-corrected chi connectivity index (χ1v) is 10.6. The van der Waals surface area contributed by atoms with E-state index in [-0.39, 0.29) is 5.56 Å². The molecule has 0 spiro atoms. The van der Waals surface area contributed by atoms with Crippen molar-refractivity contribution >= 4 is 28.4 Å². The Morgan fingerprint density at radius 1 is 1.10 bits per heavy atom. The van der Waals surface area contributed by atoms with E-state index in [2.05, 4.69) is 26.2 Å². The topological polar surface area (TPSA) is 77.9 Å². The number of pyridine rings is 1. The van der Waals surface area contributed by atoms with Crippen molar-refractivity contribution in [3.63, 3.8) is 0 Å². The van der Waals surface area contributed by atoms with E-state index >= 15 is 0 Å². The van der Waals surface area contributed by atoms with Crippen molar-refractivity contribution in [2.75, 3.05) is 56.6 Å². The summed E-state index contributed by atoms with van der Waals surface area (Å²) in [7, 11) is 1.71. The molecule has 7 heteroatoms. The van der Waals surface area contributed by atoms with Crippen LogP contribution in [0.3, 0.4) is 0 Å². The number of ether oxygens (including phenoxy) is 1. The first-order valence-electron chi connectivity index (χ1n) is 10.6. The molecule has 2 heterocycles. The minimum atomic E-state index is -0.936. The van der Waals surface area contributed by atoms with Crippen LogP contribution in [-0.2, 0) is 0 Å². The van der Waals surface area contributed by atoms with Crippen LogP contribution in [0.4, 0.5) is 11.5 Å². The molecule has 0 saturated carbocycles. The van der Waals surface area contributed by atoms with Crippen LogP contribution in [0.2, 0.25) is 0 Å². The minimum absolute atomic E-state index is 0.278. The molecule has 7 nitrogen and oxygen atoms in total. The van der Waals surface area contributed by atoms with Crippen LogP contribution in [0.5, 0.6) is 5.75 Å². The lowest BCUT2D eigenvalue weighted by atomic mass is 10.1. The average Bonchev–Trinajstić information content (AvgIpc) is 2.81. The third-order valence-corrected chi connectivity index (χ3v) is 5.70. The highest BCUT2D eigenvalue weighted by Crippen LogP contribution is 2.28. The van der Waals surface area contributed by atoms with Crippen LogP contribution in [-0.4, -0.2) is 67.3 Å². The maximum atomic E-state index is 11.6. The molecule has 0 bridgehead atoms. The third kappa shape index (κ3) is 4.88. The van der Waals surface area contributed by atoms with Crippen molar-refractivity contribution in [3.8, 4) is 5.75 Å². The third-order valence-electron chi connectivity index (χ3n) is 5.70. The summed E-state index contributed by atoms with van der Waals surface area (Å²) < 4.78 is 5.49. The predicted molar refractivity (Wildman–Crippen MR) is 123 cm³/mol. The molecule has 1 aliphatic rings. The molecule has 1 aliphatic heterocycles. The van der Waals surface area contributed by atoms with E-state index in [0.717, 1.165) is 57.1 Å². The van der Waals surface area contributed by atoms with Crippen LogP contribution in [0, 0.1) is 0 Å². The summed E-state index contributed by atoms with van der Waals surface area (Å²) in [5.41, 5.74) is 2.13. The monoisotopic (exact) mass is 420 g/mol. The number of carbonyl (C=O) groups is 1. The van der Waals surface area contributed by atoms with Gasteiger partial charge < -0.3 is 20.1 Å². The molecule has 0 unspecified atom stereocenters. The molecule has 1 aromatic heterocycles. The Labute approximate surface area is 182 Å². The maximum Gasteiger partial charge on any atom is 0.336 e. The first kappa shape index (κ1) is 20.9. The van der Waals surface area contributed by atoms with Crippen molar-refractivity contribution in [2.45, 2.75) is 6.42 Å². The average molecular weight is 421 g/mol. The quantitative estimate of drug-likeness (QED) is 0.540. The molecular formula is C24H28N4O3. The summed E-state index contributed by atoms with van der Waals surface area (Å²) >= 11 is 0. The fourth-order valence-corrected chi connectivity index (χ4v) is 4.07. The lowest BCUT2D eigenvalue weighted by Gasteiger charge is -2.36. The van der Waals surface area contributed by atoms with Crippen molar-refractivity contribution < 1.29 is 14.6 Å². The number of carboxylic acids is 1. The van der Waals surface area contributed by atoms with E-state index in [1.165, 1.54) is 0 Å². The molecule has 2 N–H and O–H groups in total. The summed E-state index contributed by atoms with van der Waals surface area (Å²) in [5, 5.41) is 13.5. The van der Waals surface area contributed by atoms with Crippen LogP contribution in [0.25, 0.3) is 10.9 Å². The fourth-order valence-electron chi connectivity index (χ4n) is 4.07.